The minimum Gasteiger partial charge on any atom is -0.346 e. The number of H-pyrrole nitrogens is 1. The molecule has 0 aliphatic heterocycles. The van der Waals surface area contributed by atoms with E-state index < -0.39 is 24.9 Å². The van der Waals surface area contributed by atoms with Crippen molar-refractivity contribution >= 4 is 5.91 Å². The minimum atomic E-state index is -3.08. The van der Waals surface area contributed by atoms with Crippen molar-refractivity contribution in [1.82, 2.24) is 15.5 Å². The molecular weight excluding hydrogens is 206 g/mol. The van der Waals surface area contributed by atoms with E-state index in [0.29, 0.717) is 5.69 Å². The molecule has 0 aliphatic carbocycles. The summed E-state index contributed by atoms with van der Waals surface area (Å²) in [6.07, 6.45) is 1.28. The SMILES string of the molecule is Cc1[nH]ncc1C(=O)NCC(F)(F)CN. The molecule has 0 aliphatic rings. The normalized spacial score (nSPS) is 11.5. The highest BCUT2D eigenvalue weighted by atomic mass is 19.3. The molecule has 7 heteroatoms. The third kappa shape index (κ3) is 2.98. The van der Waals surface area contributed by atoms with Gasteiger partial charge < -0.3 is 11.1 Å². The topological polar surface area (TPSA) is 83.8 Å². The molecule has 0 bridgehead atoms. The summed E-state index contributed by atoms with van der Waals surface area (Å²) in [5.74, 6) is -3.66. The Hall–Kier alpha value is -1.50. The van der Waals surface area contributed by atoms with Gasteiger partial charge in [0.1, 0.15) is 0 Å². The second-order valence-corrected chi connectivity index (χ2v) is 3.15. The molecule has 0 aromatic carbocycles. The van der Waals surface area contributed by atoms with Gasteiger partial charge in [-0.15, -0.1) is 0 Å². The van der Waals surface area contributed by atoms with Gasteiger partial charge >= 0.3 is 0 Å². The van der Waals surface area contributed by atoms with Crippen LogP contribution in [-0.4, -0.2) is 35.1 Å². The number of carbonyl (C=O) groups is 1. The summed E-state index contributed by atoms with van der Waals surface area (Å²) in [4.78, 5) is 11.3. The maximum atomic E-state index is 12.7. The molecule has 0 spiro atoms. The molecule has 0 fully saturated rings. The van der Waals surface area contributed by atoms with E-state index in [2.05, 4.69) is 15.5 Å². The Morgan fingerprint density at radius 2 is 2.40 bits per heavy atom. The molecule has 1 rings (SSSR count). The second kappa shape index (κ2) is 4.35. The van der Waals surface area contributed by atoms with Crippen LogP contribution in [0.2, 0.25) is 0 Å². The van der Waals surface area contributed by atoms with E-state index in [1.54, 1.807) is 6.92 Å². The van der Waals surface area contributed by atoms with Crippen LogP contribution in [0.15, 0.2) is 6.20 Å². The lowest BCUT2D eigenvalue weighted by molar-refractivity contribution is 0.0118. The van der Waals surface area contributed by atoms with Crippen LogP contribution in [0.25, 0.3) is 0 Å². The van der Waals surface area contributed by atoms with E-state index in [4.69, 9.17) is 5.73 Å². The number of rotatable bonds is 4. The molecule has 1 aromatic rings. The summed E-state index contributed by atoms with van der Waals surface area (Å²) < 4.78 is 25.4. The third-order valence-electron chi connectivity index (χ3n) is 1.88. The Morgan fingerprint density at radius 1 is 1.73 bits per heavy atom. The van der Waals surface area contributed by atoms with E-state index in [0.717, 1.165) is 0 Å². The molecule has 0 saturated heterocycles. The molecule has 0 radical (unpaired) electrons. The number of hydrogen-bond donors (Lipinski definition) is 3. The quantitative estimate of drug-likeness (QED) is 0.667. The number of nitrogens with zero attached hydrogens (tertiary/aromatic N) is 1. The molecule has 84 valence electrons. The number of carbonyl (C=O) groups excluding carboxylic acids is 1. The lowest BCUT2D eigenvalue weighted by Crippen LogP contribution is -2.41. The summed E-state index contributed by atoms with van der Waals surface area (Å²) in [5.41, 5.74) is 5.60. The van der Waals surface area contributed by atoms with Gasteiger partial charge in [0, 0.05) is 5.69 Å². The second-order valence-electron chi connectivity index (χ2n) is 3.15. The lowest BCUT2D eigenvalue weighted by atomic mass is 10.2. The van der Waals surface area contributed by atoms with E-state index in [1.165, 1.54) is 6.20 Å². The molecule has 0 atom stereocenters. The predicted molar refractivity (Wildman–Crippen MR) is 49.7 cm³/mol. The smallest absolute Gasteiger partial charge is 0.277 e. The van der Waals surface area contributed by atoms with Crippen LogP contribution < -0.4 is 11.1 Å². The van der Waals surface area contributed by atoms with E-state index in [1.807, 2.05) is 0 Å². The van der Waals surface area contributed by atoms with Crippen LogP contribution in [0.1, 0.15) is 16.1 Å². The van der Waals surface area contributed by atoms with Crippen molar-refractivity contribution < 1.29 is 13.6 Å². The number of aromatic amines is 1. The number of nitrogens with two attached hydrogens (primary N) is 1. The number of hydrogen-bond acceptors (Lipinski definition) is 3. The number of aromatic nitrogens is 2. The van der Waals surface area contributed by atoms with Crippen molar-refractivity contribution in [2.75, 3.05) is 13.1 Å². The fourth-order valence-electron chi connectivity index (χ4n) is 0.957. The number of amides is 1. The van der Waals surface area contributed by atoms with Crippen molar-refractivity contribution in [2.24, 2.45) is 5.73 Å². The Labute approximate surface area is 85.0 Å². The number of aryl methyl sites for hydroxylation is 1. The molecular formula is C8H12F2N4O. The zero-order chi connectivity index (χ0) is 11.5. The summed E-state index contributed by atoms with van der Waals surface area (Å²) in [5, 5.41) is 8.24. The Balaban J connectivity index is 2.55. The summed E-state index contributed by atoms with van der Waals surface area (Å²) in [6, 6.07) is 0. The first-order chi connectivity index (χ1) is 6.96. The molecule has 15 heavy (non-hydrogen) atoms. The number of alkyl halides is 2. The fourth-order valence-corrected chi connectivity index (χ4v) is 0.957. The first kappa shape index (κ1) is 11.6. The van der Waals surface area contributed by atoms with Gasteiger partial charge in [-0.1, -0.05) is 0 Å². The van der Waals surface area contributed by atoms with Crippen molar-refractivity contribution in [3.8, 4) is 0 Å². The third-order valence-corrected chi connectivity index (χ3v) is 1.88. The fraction of sp³-hybridized carbons (Fsp3) is 0.500. The molecule has 1 aromatic heterocycles. The van der Waals surface area contributed by atoms with Gasteiger partial charge in [0.05, 0.1) is 24.8 Å². The average Bonchev–Trinajstić information content (AvgIpc) is 2.61. The van der Waals surface area contributed by atoms with Crippen LogP contribution in [0.3, 0.4) is 0 Å². The van der Waals surface area contributed by atoms with E-state index in [9.17, 15) is 13.6 Å². The Morgan fingerprint density at radius 3 is 2.87 bits per heavy atom. The Bertz CT molecular complexity index is 350. The monoisotopic (exact) mass is 218 g/mol. The van der Waals surface area contributed by atoms with Gasteiger partial charge in [0.15, 0.2) is 0 Å². The molecule has 0 saturated carbocycles. The first-order valence-electron chi connectivity index (χ1n) is 4.32. The number of halogens is 2. The van der Waals surface area contributed by atoms with Gasteiger partial charge in [0.25, 0.3) is 11.8 Å². The van der Waals surface area contributed by atoms with Crippen LogP contribution in [-0.2, 0) is 0 Å². The molecule has 5 nitrogen and oxygen atoms in total. The van der Waals surface area contributed by atoms with Crippen LogP contribution in [0.5, 0.6) is 0 Å². The zero-order valence-electron chi connectivity index (χ0n) is 8.18. The molecule has 1 heterocycles. The van der Waals surface area contributed by atoms with Crippen molar-refractivity contribution in [3.63, 3.8) is 0 Å². The standard InChI is InChI=1S/C8H12F2N4O/c1-5-6(2-13-14-5)7(15)12-4-8(9,10)3-11/h2H,3-4,11H2,1H3,(H,12,15)(H,13,14). The largest absolute Gasteiger partial charge is 0.346 e. The van der Waals surface area contributed by atoms with Crippen LogP contribution >= 0.6 is 0 Å². The summed E-state index contributed by atoms with van der Waals surface area (Å²) in [6.45, 7) is 0.0631. The highest BCUT2D eigenvalue weighted by Crippen LogP contribution is 2.09. The van der Waals surface area contributed by atoms with E-state index in [-0.39, 0.29) is 5.56 Å². The summed E-state index contributed by atoms with van der Waals surface area (Å²) in [7, 11) is 0. The van der Waals surface area contributed by atoms with Crippen molar-refractivity contribution in [2.45, 2.75) is 12.8 Å². The minimum absolute atomic E-state index is 0.253. The van der Waals surface area contributed by atoms with Gasteiger partial charge in [-0.05, 0) is 6.92 Å². The van der Waals surface area contributed by atoms with E-state index >= 15 is 0 Å². The van der Waals surface area contributed by atoms with Gasteiger partial charge in [-0.25, -0.2) is 8.78 Å². The molecule has 0 unspecified atom stereocenters. The van der Waals surface area contributed by atoms with Crippen LogP contribution in [0, 0.1) is 6.92 Å². The van der Waals surface area contributed by atoms with Crippen molar-refractivity contribution in [1.29, 1.82) is 0 Å². The maximum Gasteiger partial charge on any atom is 0.277 e. The number of nitrogens with one attached hydrogen (secondary N) is 2. The van der Waals surface area contributed by atoms with Gasteiger partial charge in [-0.2, -0.15) is 5.10 Å². The van der Waals surface area contributed by atoms with Gasteiger partial charge in [-0.3, -0.25) is 9.89 Å². The van der Waals surface area contributed by atoms with Crippen LogP contribution in [0.4, 0.5) is 8.78 Å². The highest BCUT2D eigenvalue weighted by Gasteiger charge is 2.27. The molecule has 1 amide bonds. The summed E-state index contributed by atoms with van der Waals surface area (Å²) >= 11 is 0. The predicted octanol–water partition coefficient (Wildman–Crippen LogP) is 0.0419. The van der Waals surface area contributed by atoms with Gasteiger partial charge in [0.2, 0.25) is 0 Å². The zero-order valence-corrected chi connectivity index (χ0v) is 8.18. The average molecular weight is 218 g/mol. The lowest BCUT2D eigenvalue weighted by Gasteiger charge is -2.14. The molecule has 4 N–H and O–H groups in total. The Kier molecular flexibility index (Phi) is 3.35. The highest BCUT2D eigenvalue weighted by molar-refractivity contribution is 5.94. The maximum absolute atomic E-state index is 12.7. The first-order valence-corrected chi connectivity index (χ1v) is 4.32. The van der Waals surface area contributed by atoms with Crippen molar-refractivity contribution in [3.05, 3.63) is 17.5 Å².